The van der Waals surface area contributed by atoms with Crippen molar-refractivity contribution >= 4 is 28.8 Å². The lowest BCUT2D eigenvalue weighted by atomic mass is 9.98. The molecule has 9 heteroatoms. The molecular weight excluding hydrogens is 290 g/mol. The van der Waals surface area contributed by atoms with E-state index in [-0.39, 0.29) is 28.3 Å². The first-order valence-corrected chi connectivity index (χ1v) is 6.29. The van der Waals surface area contributed by atoms with E-state index in [4.69, 9.17) is 16.5 Å². The molecule has 2 heterocycles. The number of anilines is 1. The number of aromatic nitrogens is 1. The number of hydrogen-bond donors (Lipinski definition) is 1. The number of carbonyl (C=O) groups is 1. The number of rotatable bonds is 3. The number of carbonyl (C=O) groups excluding carboxylic acids is 1. The van der Waals surface area contributed by atoms with Crippen LogP contribution in [0.3, 0.4) is 0 Å². The van der Waals surface area contributed by atoms with E-state index in [0.29, 0.717) is 4.88 Å². The molecule has 2 rings (SSSR count). The van der Waals surface area contributed by atoms with E-state index in [9.17, 15) is 10.1 Å². The highest BCUT2D eigenvalue weighted by Crippen LogP contribution is 2.29. The van der Waals surface area contributed by atoms with Crippen molar-refractivity contribution in [2.45, 2.75) is 0 Å². The maximum atomic E-state index is 12.5. The monoisotopic (exact) mass is 295 g/mol. The standard InChI is InChI=1S/C12H5N7OS/c13-4-6-9(10(20)8-2-1-3-21-8)7(5-14)12(18-19-16)17-11(6)15/h1-3H,(H2,15,17). The SMILES string of the molecule is N#Cc1c(N)nc(N=[N+]=[N-])c(C#N)c1C(=O)c1cccs1. The average molecular weight is 295 g/mol. The quantitative estimate of drug-likeness (QED) is 0.399. The van der Waals surface area contributed by atoms with Crippen molar-refractivity contribution < 1.29 is 4.79 Å². The fraction of sp³-hybridized carbons (Fsp3) is 0. The Morgan fingerprint density at radius 1 is 1.43 bits per heavy atom. The molecule has 0 aliphatic rings. The maximum Gasteiger partial charge on any atom is 0.205 e. The molecule has 0 saturated carbocycles. The third-order valence-electron chi connectivity index (χ3n) is 2.54. The first kappa shape index (κ1) is 14.0. The van der Waals surface area contributed by atoms with Gasteiger partial charge in [-0.25, -0.2) is 4.98 Å². The Morgan fingerprint density at radius 3 is 2.67 bits per heavy atom. The average Bonchev–Trinajstić information content (AvgIpc) is 3.00. The molecule has 0 aliphatic heterocycles. The topological polar surface area (TPSA) is 152 Å². The molecular formula is C12H5N7OS. The Balaban J connectivity index is 2.85. The first-order chi connectivity index (χ1) is 10.1. The Hall–Kier alpha value is -3.39. The summed E-state index contributed by atoms with van der Waals surface area (Å²) in [4.78, 5) is 19.0. The van der Waals surface area contributed by atoms with Gasteiger partial charge in [-0.15, -0.1) is 11.3 Å². The number of azide groups is 1. The Labute approximate surface area is 122 Å². The normalized spacial score (nSPS) is 9.24. The van der Waals surface area contributed by atoms with Crippen LogP contribution in [0.4, 0.5) is 11.6 Å². The second-order valence-corrected chi connectivity index (χ2v) is 4.61. The van der Waals surface area contributed by atoms with Crippen molar-refractivity contribution in [2.75, 3.05) is 5.73 Å². The van der Waals surface area contributed by atoms with E-state index in [0.717, 1.165) is 11.3 Å². The summed E-state index contributed by atoms with van der Waals surface area (Å²) in [5.74, 6) is -1.13. The lowest BCUT2D eigenvalue weighted by molar-refractivity contribution is 0.104. The van der Waals surface area contributed by atoms with Crippen LogP contribution in [0.25, 0.3) is 10.4 Å². The van der Waals surface area contributed by atoms with Crippen molar-refractivity contribution in [1.29, 1.82) is 10.5 Å². The van der Waals surface area contributed by atoms with Gasteiger partial charge in [0.05, 0.1) is 16.0 Å². The van der Waals surface area contributed by atoms with E-state index in [2.05, 4.69) is 15.0 Å². The highest BCUT2D eigenvalue weighted by Gasteiger charge is 2.25. The molecule has 0 unspecified atom stereocenters. The maximum absolute atomic E-state index is 12.5. The van der Waals surface area contributed by atoms with Gasteiger partial charge in [-0.3, -0.25) is 4.79 Å². The molecule has 2 aromatic heterocycles. The van der Waals surface area contributed by atoms with Gasteiger partial charge in [-0.05, 0) is 22.1 Å². The van der Waals surface area contributed by atoms with Crippen LogP contribution in [0.1, 0.15) is 26.4 Å². The van der Waals surface area contributed by atoms with Crippen molar-refractivity contribution in [3.63, 3.8) is 0 Å². The largest absolute Gasteiger partial charge is 0.383 e. The van der Waals surface area contributed by atoms with Crippen LogP contribution in [0.2, 0.25) is 0 Å². The van der Waals surface area contributed by atoms with Gasteiger partial charge in [-0.2, -0.15) is 10.5 Å². The van der Waals surface area contributed by atoms with Crippen molar-refractivity contribution in [2.24, 2.45) is 5.11 Å². The van der Waals surface area contributed by atoms with Gasteiger partial charge in [-0.1, -0.05) is 6.07 Å². The third kappa shape index (κ3) is 2.38. The first-order valence-electron chi connectivity index (χ1n) is 5.41. The van der Waals surface area contributed by atoms with Crippen LogP contribution in [-0.2, 0) is 0 Å². The Morgan fingerprint density at radius 2 is 2.14 bits per heavy atom. The molecule has 0 amide bonds. The van der Waals surface area contributed by atoms with Crippen molar-refractivity contribution in [1.82, 2.24) is 4.98 Å². The lowest BCUT2D eigenvalue weighted by Crippen LogP contribution is -2.10. The summed E-state index contributed by atoms with van der Waals surface area (Å²) >= 11 is 1.16. The van der Waals surface area contributed by atoms with Gasteiger partial charge in [0, 0.05) is 4.91 Å². The van der Waals surface area contributed by atoms with Gasteiger partial charge >= 0.3 is 0 Å². The number of hydrogen-bond acceptors (Lipinski definition) is 7. The summed E-state index contributed by atoms with van der Waals surface area (Å²) in [6.07, 6.45) is 0. The van der Waals surface area contributed by atoms with E-state index < -0.39 is 5.78 Å². The summed E-state index contributed by atoms with van der Waals surface area (Å²) in [5, 5.41) is 23.3. The minimum Gasteiger partial charge on any atom is -0.383 e. The molecule has 100 valence electrons. The van der Waals surface area contributed by atoms with Crippen LogP contribution in [-0.4, -0.2) is 10.8 Å². The van der Waals surface area contributed by atoms with Gasteiger partial charge in [0.1, 0.15) is 29.3 Å². The summed E-state index contributed by atoms with van der Waals surface area (Å²) in [7, 11) is 0. The third-order valence-corrected chi connectivity index (χ3v) is 3.41. The number of pyridine rings is 1. The summed E-state index contributed by atoms with van der Waals surface area (Å²) in [6, 6.07) is 6.72. The van der Waals surface area contributed by atoms with Crippen LogP contribution >= 0.6 is 11.3 Å². The smallest absolute Gasteiger partial charge is 0.205 e. The van der Waals surface area contributed by atoms with Gasteiger partial charge in [0.15, 0.2) is 0 Å². The van der Waals surface area contributed by atoms with E-state index in [1.54, 1.807) is 29.7 Å². The predicted octanol–water partition coefficient (Wildman–Crippen LogP) is 2.64. The molecule has 0 aliphatic carbocycles. The Kier molecular flexibility index (Phi) is 3.82. The minimum absolute atomic E-state index is 0.197. The number of nitrogen functional groups attached to an aromatic ring is 1. The number of nitrogens with two attached hydrogens (primary N) is 1. The van der Waals surface area contributed by atoms with E-state index in [1.807, 2.05) is 0 Å². The van der Waals surface area contributed by atoms with Crippen LogP contribution in [0.15, 0.2) is 22.6 Å². The zero-order chi connectivity index (χ0) is 15.4. The second-order valence-electron chi connectivity index (χ2n) is 3.67. The predicted molar refractivity (Wildman–Crippen MR) is 74.6 cm³/mol. The minimum atomic E-state index is -0.540. The zero-order valence-electron chi connectivity index (χ0n) is 10.3. The molecule has 2 N–H and O–H groups in total. The molecule has 0 spiro atoms. The highest BCUT2D eigenvalue weighted by molar-refractivity contribution is 7.12. The van der Waals surface area contributed by atoms with E-state index >= 15 is 0 Å². The second kappa shape index (κ2) is 5.72. The fourth-order valence-corrected chi connectivity index (χ4v) is 2.35. The van der Waals surface area contributed by atoms with Gasteiger partial charge < -0.3 is 5.73 Å². The Bertz CT molecular complexity index is 851. The molecule has 0 bridgehead atoms. The van der Waals surface area contributed by atoms with Crippen LogP contribution in [0.5, 0.6) is 0 Å². The molecule has 0 fully saturated rings. The van der Waals surface area contributed by atoms with Crippen molar-refractivity contribution in [3.05, 3.63) is 49.5 Å². The number of thiophene rings is 1. The molecule has 21 heavy (non-hydrogen) atoms. The summed E-state index contributed by atoms with van der Waals surface area (Å²) in [6.45, 7) is 0. The van der Waals surface area contributed by atoms with Gasteiger partial charge in [0.2, 0.25) is 5.78 Å². The molecule has 0 atom stereocenters. The van der Waals surface area contributed by atoms with Gasteiger partial charge in [0.25, 0.3) is 0 Å². The van der Waals surface area contributed by atoms with Crippen molar-refractivity contribution in [3.8, 4) is 12.1 Å². The number of ketones is 1. The highest BCUT2D eigenvalue weighted by atomic mass is 32.1. The number of nitrogens with zero attached hydrogens (tertiary/aromatic N) is 6. The summed E-state index contributed by atoms with van der Waals surface area (Å²) < 4.78 is 0. The molecule has 0 aromatic carbocycles. The van der Waals surface area contributed by atoms with Crippen LogP contribution < -0.4 is 5.73 Å². The van der Waals surface area contributed by atoms with E-state index in [1.165, 1.54) is 0 Å². The zero-order valence-corrected chi connectivity index (χ0v) is 11.1. The number of nitriles is 2. The lowest BCUT2D eigenvalue weighted by Gasteiger charge is -2.08. The molecule has 0 saturated heterocycles. The molecule has 2 aromatic rings. The molecule has 8 nitrogen and oxygen atoms in total. The summed E-state index contributed by atoms with van der Waals surface area (Å²) in [5.41, 5.74) is 13.4. The molecule has 0 radical (unpaired) electrons. The van der Waals surface area contributed by atoms with Crippen LogP contribution in [0, 0.1) is 22.7 Å². The fourth-order valence-electron chi connectivity index (χ4n) is 1.68.